The van der Waals surface area contributed by atoms with Gasteiger partial charge in [0.15, 0.2) is 0 Å². The summed E-state index contributed by atoms with van der Waals surface area (Å²) in [6.45, 7) is 1.63. The third kappa shape index (κ3) is 3.47. The lowest BCUT2D eigenvalue weighted by Gasteiger charge is -2.24. The van der Waals surface area contributed by atoms with E-state index in [0.717, 1.165) is 24.1 Å². The summed E-state index contributed by atoms with van der Waals surface area (Å²) < 4.78 is 14.5. The van der Waals surface area contributed by atoms with Gasteiger partial charge in [-0.05, 0) is 37.5 Å². The summed E-state index contributed by atoms with van der Waals surface area (Å²) in [7, 11) is 0. The van der Waals surface area contributed by atoms with Gasteiger partial charge in [-0.2, -0.15) is 0 Å². The first-order valence-electron chi connectivity index (χ1n) is 7.65. The number of nitrogens with zero attached hydrogens (tertiary/aromatic N) is 2. The van der Waals surface area contributed by atoms with Crippen molar-refractivity contribution in [2.24, 2.45) is 0 Å². The second-order valence-corrected chi connectivity index (χ2v) is 5.92. The van der Waals surface area contributed by atoms with E-state index in [9.17, 15) is 14.0 Å². The van der Waals surface area contributed by atoms with Gasteiger partial charge in [0.25, 0.3) is 5.56 Å². The molecule has 1 aromatic heterocycles. The Hall–Kier alpha value is -2.50. The van der Waals surface area contributed by atoms with Crippen molar-refractivity contribution in [1.29, 1.82) is 0 Å². The van der Waals surface area contributed by atoms with Gasteiger partial charge in [0.2, 0.25) is 5.91 Å². The van der Waals surface area contributed by atoms with Crippen molar-refractivity contribution in [2.75, 3.05) is 5.32 Å². The zero-order chi connectivity index (χ0) is 16.4. The molecule has 2 aromatic rings. The quantitative estimate of drug-likeness (QED) is 0.943. The Morgan fingerprint density at radius 1 is 1.39 bits per heavy atom. The first-order valence-corrected chi connectivity index (χ1v) is 7.65. The molecule has 3 rings (SSSR count). The fourth-order valence-electron chi connectivity index (χ4n) is 2.56. The molecule has 1 aromatic carbocycles. The van der Waals surface area contributed by atoms with E-state index < -0.39 is 5.82 Å². The number of nitrogens with one attached hydrogen (secondary N) is 1. The van der Waals surface area contributed by atoms with Gasteiger partial charge in [-0.25, -0.2) is 9.37 Å². The van der Waals surface area contributed by atoms with E-state index >= 15 is 0 Å². The average molecular weight is 315 g/mol. The molecule has 1 saturated carbocycles. The molecule has 0 aliphatic heterocycles. The summed E-state index contributed by atoms with van der Waals surface area (Å²) in [5.74, 6) is -0.435. The van der Waals surface area contributed by atoms with E-state index in [1.807, 2.05) is 0 Å². The normalized spacial score (nSPS) is 14.3. The van der Waals surface area contributed by atoms with Crippen LogP contribution in [0.25, 0.3) is 0 Å². The molecule has 0 spiro atoms. The maximum Gasteiger partial charge on any atom is 0.254 e. The summed E-state index contributed by atoms with van der Waals surface area (Å²) in [6, 6.07) is 5.68. The van der Waals surface area contributed by atoms with Crippen LogP contribution in [0.1, 0.15) is 36.4 Å². The van der Waals surface area contributed by atoms with E-state index in [1.165, 1.54) is 35.5 Å². The molecule has 120 valence electrons. The minimum atomic E-state index is -0.422. The summed E-state index contributed by atoms with van der Waals surface area (Å²) in [5, 5.41) is 2.62. The summed E-state index contributed by atoms with van der Waals surface area (Å²) >= 11 is 0. The number of benzene rings is 1. The fourth-order valence-corrected chi connectivity index (χ4v) is 2.56. The van der Waals surface area contributed by atoms with Gasteiger partial charge in [0.05, 0.1) is 12.0 Å². The van der Waals surface area contributed by atoms with Crippen LogP contribution in [0.15, 0.2) is 35.4 Å². The summed E-state index contributed by atoms with van der Waals surface area (Å²) in [6.07, 6.45) is 4.71. The molecule has 0 unspecified atom stereocenters. The number of aryl methyl sites for hydroxylation is 1. The molecule has 1 amide bonds. The van der Waals surface area contributed by atoms with Crippen molar-refractivity contribution >= 4 is 11.6 Å². The number of amides is 1. The SMILES string of the molecule is Cc1ccc(F)cc1NC(=O)Cn1cnc(C2CCC2)cc1=O. The van der Waals surface area contributed by atoms with Crippen LogP contribution in [-0.2, 0) is 11.3 Å². The van der Waals surface area contributed by atoms with Crippen molar-refractivity contribution in [1.82, 2.24) is 9.55 Å². The standard InChI is InChI=1S/C17H18FN3O2/c1-11-5-6-13(18)7-14(11)20-16(22)9-21-10-19-15(8-17(21)23)12-3-2-4-12/h5-8,10,12H,2-4,9H2,1H3,(H,20,22). The van der Waals surface area contributed by atoms with Gasteiger partial charge in [0.1, 0.15) is 12.4 Å². The molecule has 6 heteroatoms. The van der Waals surface area contributed by atoms with Crippen LogP contribution < -0.4 is 10.9 Å². The van der Waals surface area contributed by atoms with E-state index in [0.29, 0.717) is 11.6 Å². The van der Waals surface area contributed by atoms with Crippen molar-refractivity contribution in [3.05, 3.63) is 58.0 Å². The third-order valence-electron chi connectivity index (χ3n) is 4.21. The molecule has 23 heavy (non-hydrogen) atoms. The van der Waals surface area contributed by atoms with Gasteiger partial charge in [0, 0.05) is 17.7 Å². The highest BCUT2D eigenvalue weighted by Gasteiger charge is 2.21. The van der Waals surface area contributed by atoms with Gasteiger partial charge in [-0.1, -0.05) is 12.5 Å². The van der Waals surface area contributed by atoms with E-state index in [-0.39, 0.29) is 18.0 Å². The molecule has 5 nitrogen and oxygen atoms in total. The van der Waals surface area contributed by atoms with Gasteiger partial charge >= 0.3 is 0 Å². The van der Waals surface area contributed by atoms with Crippen molar-refractivity contribution < 1.29 is 9.18 Å². The predicted molar refractivity (Wildman–Crippen MR) is 84.9 cm³/mol. The molecule has 0 atom stereocenters. The maximum absolute atomic E-state index is 13.2. The number of carbonyl (C=O) groups excluding carboxylic acids is 1. The minimum absolute atomic E-state index is 0.146. The number of rotatable bonds is 4. The Morgan fingerprint density at radius 3 is 2.83 bits per heavy atom. The zero-order valence-electron chi connectivity index (χ0n) is 12.9. The van der Waals surface area contributed by atoms with Crippen LogP contribution in [0.3, 0.4) is 0 Å². The summed E-state index contributed by atoms with van der Waals surface area (Å²) in [4.78, 5) is 28.4. The molecular formula is C17H18FN3O2. The van der Waals surface area contributed by atoms with Crippen molar-refractivity contribution in [2.45, 2.75) is 38.6 Å². The highest BCUT2D eigenvalue weighted by molar-refractivity contribution is 5.91. The lowest BCUT2D eigenvalue weighted by molar-refractivity contribution is -0.116. The second kappa shape index (κ2) is 6.32. The lowest BCUT2D eigenvalue weighted by Crippen LogP contribution is -2.29. The Balaban J connectivity index is 1.70. The molecule has 1 fully saturated rings. The Kier molecular flexibility index (Phi) is 4.23. The highest BCUT2D eigenvalue weighted by Crippen LogP contribution is 2.34. The summed E-state index contributed by atoms with van der Waals surface area (Å²) in [5.41, 5.74) is 1.72. The molecule has 1 heterocycles. The Morgan fingerprint density at radius 2 is 2.17 bits per heavy atom. The molecule has 0 saturated heterocycles. The average Bonchev–Trinajstić information content (AvgIpc) is 2.44. The van der Waals surface area contributed by atoms with Crippen LogP contribution >= 0.6 is 0 Å². The van der Waals surface area contributed by atoms with Crippen LogP contribution in [0.4, 0.5) is 10.1 Å². The number of halogens is 1. The number of anilines is 1. The molecule has 1 aliphatic rings. The van der Waals surface area contributed by atoms with Crippen molar-refractivity contribution in [3.63, 3.8) is 0 Å². The fraction of sp³-hybridized carbons (Fsp3) is 0.353. The first-order chi connectivity index (χ1) is 11.0. The van der Waals surface area contributed by atoms with E-state index in [2.05, 4.69) is 10.3 Å². The topological polar surface area (TPSA) is 64.0 Å². The second-order valence-electron chi connectivity index (χ2n) is 5.92. The van der Waals surface area contributed by atoms with Crippen LogP contribution in [-0.4, -0.2) is 15.5 Å². The predicted octanol–water partition coefficient (Wildman–Crippen LogP) is 2.60. The van der Waals surface area contributed by atoms with Gasteiger partial charge < -0.3 is 5.32 Å². The largest absolute Gasteiger partial charge is 0.324 e. The molecule has 0 bridgehead atoms. The van der Waals surface area contributed by atoms with Gasteiger partial charge in [-0.3, -0.25) is 14.2 Å². The Bertz CT molecular complexity index is 797. The third-order valence-corrected chi connectivity index (χ3v) is 4.21. The number of hydrogen-bond donors (Lipinski definition) is 1. The smallest absolute Gasteiger partial charge is 0.254 e. The zero-order valence-corrected chi connectivity index (χ0v) is 12.9. The molecule has 1 N–H and O–H groups in total. The van der Waals surface area contributed by atoms with E-state index in [4.69, 9.17) is 0 Å². The van der Waals surface area contributed by atoms with Gasteiger partial charge in [-0.15, -0.1) is 0 Å². The van der Waals surface area contributed by atoms with Crippen LogP contribution in [0, 0.1) is 12.7 Å². The Labute approximate surface area is 133 Å². The highest BCUT2D eigenvalue weighted by atomic mass is 19.1. The van der Waals surface area contributed by atoms with Crippen LogP contribution in [0.5, 0.6) is 0 Å². The monoisotopic (exact) mass is 315 g/mol. The number of hydrogen-bond acceptors (Lipinski definition) is 3. The molecular weight excluding hydrogens is 297 g/mol. The first kappa shape index (κ1) is 15.4. The number of aromatic nitrogens is 2. The number of carbonyl (C=O) groups is 1. The molecule has 0 radical (unpaired) electrons. The van der Waals surface area contributed by atoms with Crippen molar-refractivity contribution in [3.8, 4) is 0 Å². The lowest BCUT2D eigenvalue weighted by atomic mass is 9.83. The minimum Gasteiger partial charge on any atom is -0.324 e. The van der Waals surface area contributed by atoms with E-state index in [1.54, 1.807) is 13.0 Å². The van der Waals surface area contributed by atoms with Crippen LogP contribution in [0.2, 0.25) is 0 Å². The maximum atomic E-state index is 13.2. The molecule has 1 aliphatic carbocycles.